The molecule has 126 valence electrons. The van der Waals surface area contributed by atoms with Crippen LogP contribution >= 0.6 is 0 Å². The molecule has 2 aromatic carbocycles. The number of amides is 1. The molecule has 2 aromatic rings. The SMILES string of the molecule is COC(=O)[C@@H](CCc1ccccc1)NC(=O)CCc1ccccc1. The second-order valence-electron chi connectivity index (χ2n) is 5.65. The van der Waals surface area contributed by atoms with E-state index in [0.717, 1.165) is 11.1 Å². The first-order chi connectivity index (χ1) is 11.7. The van der Waals surface area contributed by atoms with E-state index in [1.165, 1.54) is 7.11 Å². The summed E-state index contributed by atoms with van der Waals surface area (Å²) in [5.41, 5.74) is 2.23. The molecule has 0 aromatic heterocycles. The Morgan fingerprint density at radius 3 is 2.00 bits per heavy atom. The summed E-state index contributed by atoms with van der Waals surface area (Å²) in [5, 5.41) is 2.79. The number of carbonyl (C=O) groups is 2. The highest BCUT2D eigenvalue weighted by molar-refractivity contribution is 5.84. The van der Waals surface area contributed by atoms with Crippen LogP contribution < -0.4 is 5.32 Å². The maximum absolute atomic E-state index is 12.1. The summed E-state index contributed by atoms with van der Waals surface area (Å²) in [6.07, 6.45) is 2.23. The van der Waals surface area contributed by atoms with E-state index in [1.54, 1.807) is 0 Å². The van der Waals surface area contributed by atoms with Crippen molar-refractivity contribution in [3.05, 3.63) is 71.8 Å². The van der Waals surface area contributed by atoms with Gasteiger partial charge in [-0.3, -0.25) is 4.79 Å². The predicted molar refractivity (Wildman–Crippen MR) is 93.5 cm³/mol. The minimum Gasteiger partial charge on any atom is -0.467 e. The van der Waals surface area contributed by atoms with Gasteiger partial charge in [0.15, 0.2) is 0 Å². The fourth-order valence-electron chi connectivity index (χ4n) is 2.52. The highest BCUT2D eigenvalue weighted by atomic mass is 16.5. The molecular weight excluding hydrogens is 302 g/mol. The minimum atomic E-state index is -0.613. The third-order valence-corrected chi connectivity index (χ3v) is 3.87. The minimum absolute atomic E-state index is 0.137. The first kappa shape index (κ1) is 17.7. The van der Waals surface area contributed by atoms with Gasteiger partial charge in [-0.25, -0.2) is 4.79 Å². The van der Waals surface area contributed by atoms with Crippen LogP contribution in [0.2, 0.25) is 0 Å². The number of ether oxygens (including phenoxy) is 1. The molecule has 24 heavy (non-hydrogen) atoms. The predicted octanol–water partition coefficient (Wildman–Crippen LogP) is 2.91. The smallest absolute Gasteiger partial charge is 0.328 e. The van der Waals surface area contributed by atoms with Crippen molar-refractivity contribution < 1.29 is 14.3 Å². The number of methoxy groups -OCH3 is 1. The van der Waals surface area contributed by atoms with E-state index >= 15 is 0 Å². The largest absolute Gasteiger partial charge is 0.467 e. The molecule has 0 saturated heterocycles. The summed E-state index contributed by atoms with van der Waals surface area (Å²) >= 11 is 0. The van der Waals surface area contributed by atoms with Gasteiger partial charge in [-0.05, 0) is 30.4 Å². The molecule has 0 aliphatic carbocycles. The van der Waals surface area contributed by atoms with Crippen molar-refractivity contribution in [1.82, 2.24) is 5.32 Å². The third kappa shape index (κ3) is 5.88. The Hall–Kier alpha value is -2.62. The van der Waals surface area contributed by atoms with E-state index < -0.39 is 12.0 Å². The fraction of sp³-hybridized carbons (Fsp3) is 0.300. The van der Waals surface area contributed by atoms with Gasteiger partial charge in [0.25, 0.3) is 0 Å². The molecular formula is C20H23NO3. The molecule has 0 aliphatic heterocycles. The van der Waals surface area contributed by atoms with Crippen LogP contribution in [-0.2, 0) is 27.2 Å². The number of hydrogen-bond acceptors (Lipinski definition) is 3. The van der Waals surface area contributed by atoms with Gasteiger partial charge in [0.05, 0.1) is 7.11 Å². The van der Waals surface area contributed by atoms with Gasteiger partial charge in [-0.2, -0.15) is 0 Å². The summed E-state index contributed by atoms with van der Waals surface area (Å²) in [5.74, 6) is -0.540. The molecule has 0 heterocycles. The summed E-state index contributed by atoms with van der Waals surface area (Å²) in [6.45, 7) is 0. The quantitative estimate of drug-likeness (QED) is 0.759. The van der Waals surface area contributed by atoms with E-state index in [1.807, 2.05) is 60.7 Å². The zero-order valence-electron chi connectivity index (χ0n) is 13.9. The summed E-state index contributed by atoms with van der Waals surface area (Å²) in [6, 6.07) is 19.1. The molecule has 0 bridgehead atoms. The Kier molecular flexibility index (Phi) is 7.02. The zero-order chi connectivity index (χ0) is 17.2. The molecule has 4 heteroatoms. The summed E-state index contributed by atoms with van der Waals surface area (Å²) in [7, 11) is 1.34. The Bertz CT molecular complexity index is 640. The summed E-state index contributed by atoms with van der Waals surface area (Å²) in [4.78, 5) is 24.0. The van der Waals surface area contributed by atoms with Gasteiger partial charge in [0.2, 0.25) is 5.91 Å². The van der Waals surface area contributed by atoms with Gasteiger partial charge < -0.3 is 10.1 Å². The zero-order valence-corrected chi connectivity index (χ0v) is 13.9. The molecule has 0 aliphatic rings. The molecule has 4 nitrogen and oxygen atoms in total. The van der Waals surface area contributed by atoms with Gasteiger partial charge in [0, 0.05) is 6.42 Å². The van der Waals surface area contributed by atoms with Gasteiger partial charge in [-0.15, -0.1) is 0 Å². The fourth-order valence-corrected chi connectivity index (χ4v) is 2.52. The van der Waals surface area contributed by atoms with Gasteiger partial charge in [-0.1, -0.05) is 60.7 Å². The van der Waals surface area contributed by atoms with Gasteiger partial charge >= 0.3 is 5.97 Å². The number of hydrogen-bond donors (Lipinski definition) is 1. The van der Waals surface area contributed by atoms with Crippen molar-refractivity contribution in [2.75, 3.05) is 7.11 Å². The molecule has 0 fully saturated rings. The Morgan fingerprint density at radius 1 is 0.917 bits per heavy atom. The van der Waals surface area contributed by atoms with Crippen LogP contribution in [0.5, 0.6) is 0 Å². The van der Waals surface area contributed by atoms with E-state index in [9.17, 15) is 9.59 Å². The van der Waals surface area contributed by atoms with Crippen molar-refractivity contribution in [2.45, 2.75) is 31.7 Å². The normalized spacial score (nSPS) is 11.5. The van der Waals surface area contributed by atoms with Crippen LogP contribution in [0, 0.1) is 0 Å². The lowest BCUT2D eigenvalue weighted by Crippen LogP contribution is -2.41. The molecule has 1 amide bonds. The molecule has 0 unspecified atom stereocenters. The van der Waals surface area contributed by atoms with E-state index in [-0.39, 0.29) is 5.91 Å². The lowest BCUT2D eigenvalue weighted by molar-refractivity contribution is -0.145. The Morgan fingerprint density at radius 2 is 1.46 bits per heavy atom. The number of rotatable bonds is 8. The monoisotopic (exact) mass is 325 g/mol. The molecule has 0 saturated carbocycles. The maximum atomic E-state index is 12.1. The number of benzene rings is 2. The van der Waals surface area contributed by atoms with Crippen molar-refractivity contribution in [3.8, 4) is 0 Å². The van der Waals surface area contributed by atoms with E-state index in [4.69, 9.17) is 4.74 Å². The van der Waals surface area contributed by atoms with Crippen molar-refractivity contribution in [3.63, 3.8) is 0 Å². The highest BCUT2D eigenvalue weighted by Gasteiger charge is 2.21. The first-order valence-electron chi connectivity index (χ1n) is 8.14. The third-order valence-electron chi connectivity index (χ3n) is 3.87. The van der Waals surface area contributed by atoms with Crippen LogP contribution in [0.4, 0.5) is 0 Å². The van der Waals surface area contributed by atoms with Crippen LogP contribution in [0.3, 0.4) is 0 Å². The Balaban J connectivity index is 1.85. The number of carbonyl (C=O) groups excluding carboxylic acids is 2. The first-order valence-corrected chi connectivity index (χ1v) is 8.14. The Labute approximate surface area is 142 Å². The number of esters is 1. The lowest BCUT2D eigenvalue weighted by atomic mass is 10.0. The highest BCUT2D eigenvalue weighted by Crippen LogP contribution is 2.07. The molecule has 2 rings (SSSR count). The van der Waals surface area contributed by atoms with Crippen molar-refractivity contribution in [1.29, 1.82) is 0 Å². The van der Waals surface area contributed by atoms with Crippen LogP contribution in [-0.4, -0.2) is 25.0 Å². The lowest BCUT2D eigenvalue weighted by Gasteiger charge is -2.16. The van der Waals surface area contributed by atoms with Crippen LogP contribution in [0.25, 0.3) is 0 Å². The van der Waals surface area contributed by atoms with Gasteiger partial charge in [0.1, 0.15) is 6.04 Å². The molecule has 1 N–H and O–H groups in total. The topological polar surface area (TPSA) is 55.4 Å². The molecule has 1 atom stereocenters. The second-order valence-corrected chi connectivity index (χ2v) is 5.65. The average molecular weight is 325 g/mol. The van der Waals surface area contributed by atoms with Crippen LogP contribution in [0.1, 0.15) is 24.0 Å². The molecule has 0 spiro atoms. The second kappa shape index (κ2) is 9.50. The standard InChI is InChI=1S/C20H23NO3/c1-24-20(23)18(14-12-16-8-4-2-5-9-16)21-19(22)15-13-17-10-6-3-7-11-17/h2-11,18H,12-15H2,1H3,(H,21,22)/t18-/m1/s1. The van der Waals surface area contributed by atoms with E-state index in [2.05, 4.69) is 5.32 Å². The van der Waals surface area contributed by atoms with E-state index in [0.29, 0.717) is 25.7 Å². The van der Waals surface area contributed by atoms with Crippen LogP contribution in [0.15, 0.2) is 60.7 Å². The maximum Gasteiger partial charge on any atom is 0.328 e. The van der Waals surface area contributed by atoms with Crippen molar-refractivity contribution in [2.24, 2.45) is 0 Å². The summed E-state index contributed by atoms with van der Waals surface area (Å²) < 4.78 is 4.81. The molecule has 0 radical (unpaired) electrons. The number of nitrogens with one attached hydrogen (secondary N) is 1. The average Bonchev–Trinajstić information content (AvgIpc) is 2.64. The van der Waals surface area contributed by atoms with Crippen molar-refractivity contribution >= 4 is 11.9 Å². The number of aryl methyl sites for hydroxylation is 2.